The van der Waals surface area contributed by atoms with Crippen molar-refractivity contribution in [3.63, 3.8) is 0 Å². The number of nitrogens with one attached hydrogen (secondary N) is 1. The summed E-state index contributed by atoms with van der Waals surface area (Å²) >= 11 is 0. The molecule has 0 bridgehead atoms. The zero-order valence-electron chi connectivity index (χ0n) is 13.1. The van der Waals surface area contributed by atoms with Gasteiger partial charge in [0.15, 0.2) is 0 Å². The van der Waals surface area contributed by atoms with Gasteiger partial charge in [-0.05, 0) is 57.5 Å². The van der Waals surface area contributed by atoms with Crippen molar-refractivity contribution in [2.45, 2.75) is 64.8 Å². The first-order chi connectivity index (χ1) is 9.18. The predicted molar refractivity (Wildman–Crippen MR) is 86.3 cm³/mol. The second kappa shape index (κ2) is 8.89. The first kappa shape index (κ1) is 17.8. The molecule has 2 aliphatic rings. The molecular weight excluding hydrogens is 272 g/mol. The third-order valence-corrected chi connectivity index (χ3v) is 5.01. The molecule has 0 aromatic rings. The number of amides is 1. The number of carbonyl (C=O) groups excluding carboxylic acids is 1. The minimum absolute atomic E-state index is 0. The van der Waals surface area contributed by atoms with Gasteiger partial charge in [-0.2, -0.15) is 0 Å². The van der Waals surface area contributed by atoms with Crippen LogP contribution in [-0.2, 0) is 4.79 Å². The number of nitrogens with zero attached hydrogens (tertiary/aromatic N) is 1. The Balaban J connectivity index is 0.00000200. The zero-order valence-corrected chi connectivity index (χ0v) is 13.9. The minimum atomic E-state index is 0. The smallest absolute Gasteiger partial charge is 0.223 e. The van der Waals surface area contributed by atoms with Gasteiger partial charge in [-0.25, -0.2) is 0 Å². The van der Waals surface area contributed by atoms with Crippen molar-refractivity contribution in [1.82, 2.24) is 10.2 Å². The zero-order chi connectivity index (χ0) is 13.7. The van der Waals surface area contributed by atoms with Crippen LogP contribution in [0.25, 0.3) is 0 Å². The minimum Gasteiger partial charge on any atom is -0.340 e. The van der Waals surface area contributed by atoms with E-state index < -0.39 is 0 Å². The lowest BCUT2D eigenvalue weighted by atomic mass is 9.85. The summed E-state index contributed by atoms with van der Waals surface area (Å²) in [4.78, 5) is 14.7. The SMILES string of the molecule is CC(CC(=O)N1CCCCCC1C)C1CCCNC1.Cl. The fourth-order valence-corrected chi connectivity index (χ4v) is 3.57. The van der Waals surface area contributed by atoms with Gasteiger partial charge in [0.05, 0.1) is 0 Å². The summed E-state index contributed by atoms with van der Waals surface area (Å²) in [7, 11) is 0. The summed E-state index contributed by atoms with van der Waals surface area (Å²) in [6.07, 6.45) is 8.25. The highest BCUT2D eigenvalue weighted by Crippen LogP contribution is 2.25. The van der Waals surface area contributed by atoms with Crippen LogP contribution >= 0.6 is 12.4 Å². The lowest BCUT2D eigenvalue weighted by molar-refractivity contribution is -0.134. The second-order valence-corrected chi connectivity index (χ2v) is 6.57. The normalized spacial score (nSPS) is 29.2. The standard InChI is InChI=1S/C16H30N2O.ClH/c1-13(15-8-6-9-17-12-15)11-16(19)18-10-5-3-4-7-14(18)2;/h13-15,17H,3-12H2,1-2H3;1H. The Morgan fingerprint density at radius 2 is 2.05 bits per heavy atom. The maximum atomic E-state index is 12.5. The quantitative estimate of drug-likeness (QED) is 0.868. The van der Waals surface area contributed by atoms with Crippen molar-refractivity contribution in [3.8, 4) is 0 Å². The number of halogens is 1. The Morgan fingerprint density at radius 3 is 2.75 bits per heavy atom. The average Bonchev–Trinajstić information content (AvgIpc) is 2.64. The Morgan fingerprint density at radius 1 is 1.25 bits per heavy atom. The summed E-state index contributed by atoms with van der Waals surface area (Å²) in [5.74, 6) is 1.61. The molecule has 20 heavy (non-hydrogen) atoms. The Kier molecular flexibility index (Phi) is 7.90. The van der Waals surface area contributed by atoms with Gasteiger partial charge in [-0.15, -0.1) is 12.4 Å². The summed E-state index contributed by atoms with van der Waals surface area (Å²) in [6, 6.07) is 0.451. The summed E-state index contributed by atoms with van der Waals surface area (Å²) in [5, 5.41) is 3.46. The van der Waals surface area contributed by atoms with Crippen molar-refractivity contribution in [2.24, 2.45) is 11.8 Å². The molecule has 0 aromatic carbocycles. The second-order valence-electron chi connectivity index (χ2n) is 6.57. The van der Waals surface area contributed by atoms with Gasteiger partial charge in [0.2, 0.25) is 5.91 Å². The highest BCUT2D eigenvalue weighted by atomic mass is 35.5. The number of carbonyl (C=O) groups is 1. The fourth-order valence-electron chi connectivity index (χ4n) is 3.57. The van der Waals surface area contributed by atoms with Crippen LogP contribution in [-0.4, -0.2) is 36.5 Å². The van der Waals surface area contributed by atoms with Crippen molar-refractivity contribution in [1.29, 1.82) is 0 Å². The first-order valence-corrected chi connectivity index (χ1v) is 8.18. The average molecular weight is 303 g/mol. The predicted octanol–water partition coefficient (Wildman–Crippen LogP) is 3.23. The molecule has 0 aromatic heterocycles. The molecule has 118 valence electrons. The highest BCUT2D eigenvalue weighted by molar-refractivity contribution is 5.85. The van der Waals surface area contributed by atoms with E-state index in [9.17, 15) is 4.79 Å². The number of hydrogen-bond acceptors (Lipinski definition) is 2. The Bertz CT molecular complexity index is 292. The van der Waals surface area contributed by atoms with Crippen molar-refractivity contribution >= 4 is 18.3 Å². The molecule has 3 nitrogen and oxygen atoms in total. The molecule has 2 heterocycles. The van der Waals surface area contributed by atoms with Crippen molar-refractivity contribution in [3.05, 3.63) is 0 Å². The van der Waals surface area contributed by atoms with Gasteiger partial charge in [0, 0.05) is 19.0 Å². The monoisotopic (exact) mass is 302 g/mol. The van der Waals surface area contributed by atoms with Gasteiger partial charge in [-0.1, -0.05) is 19.8 Å². The number of rotatable bonds is 3. The molecule has 0 aliphatic carbocycles. The molecule has 0 saturated carbocycles. The Labute approximate surface area is 130 Å². The lowest BCUT2D eigenvalue weighted by Gasteiger charge is -2.32. The van der Waals surface area contributed by atoms with Gasteiger partial charge in [0.25, 0.3) is 0 Å². The first-order valence-electron chi connectivity index (χ1n) is 8.18. The molecule has 0 spiro atoms. The molecule has 2 fully saturated rings. The molecule has 2 aliphatic heterocycles. The van der Waals surface area contributed by atoms with Crippen molar-refractivity contribution in [2.75, 3.05) is 19.6 Å². The van der Waals surface area contributed by atoms with E-state index in [-0.39, 0.29) is 12.4 Å². The molecular formula is C16H31ClN2O. The van der Waals surface area contributed by atoms with Crippen LogP contribution in [0.2, 0.25) is 0 Å². The van der Waals surface area contributed by atoms with Crippen LogP contribution in [0, 0.1) is 11.8 Å². The molecule has 2 rings (SSSR count). The van der Waals surface area contributed by atoms with Crippen LogP contribution in [0.1, 0.15) is 58.8 Å². The van der Waals surface area contributed by atoms with E-state index in [4.69, 9.17) is 0 Å². The molecule has 1 N–H and O–H groups in total. The topological polar surface area (TPSA) is 32.3 Å². The fraction of sp³-hybridized carbons (Fsp3) is 0.938. The van der Waals surface area contributed by atoms with E-state index in [0.717, 1.165) is 26.1 Å². The molecule has 0 radical (unpaired) electrons. The van der Waals surface area contributed by atoms with Gasteiger partial charge in [0.1, 0.15) is 0 Å². The molecule has 3 unspecified atom stereocenters. The van der Waals surface area contributed by atoms with Gasteiger partial charge in [-0.3, -0.25) is 4.79 Å². The van der Waals surface area contributed by atoms with E-state index in [1.165, 1.54) is 38.5 Å². The van der Waals surface area contributed by atoms with Crippen LogP contribution in [0.5, 0.6) is 0 Å². The molecule has 2 saturated heterocycles. The number of hydrogen-bond donors (Lipinski definition) is 1. The molecule has 1 amide bonds. The van der Waals surface area contributed by atoms with Crippen molar-refractivity contribution < 1.29 is 4.79 Å². The van der Waals surface area contributed by atoms with E-state index >= 15 is 0 Å². The van der Waals surface area contributed by atoms with E-state index in [1.807, 2.05) is 0 Å². The maximum Gasteiger partial charge on any atom is 0.223 e. The van der Waals surface area contributed by atoms with Gasteiger partial charge >= 0.3 is 0 Å². The van der Waals surface area contributed by atoms with Crippen LogP contribution in [0.4, 0.5) is 0 Å². The largest absolute Gasteiger partial charge is 0.340 e. The van der Waals surface area contributed by atoms with Gasteiger partial charge < -0.3 is 10.2 Å². The molecule has 3 atom stereocenters. The third kappa shape index (κ3) is 4.92. The van der Waals surface area contributed by atoms with Crippen LogP contribution in [0.15, 0.2) is 0 Å². The summed E-state index contributed by atoms with van der Waals surface area (Å²) < 4.78 is 0. The molecule has 4 heteroatoms. The third-order valence-electron chi connectivity index (χ3n) is 5.01. The highest BCUT2D eigenvalue weighted by Gasteiger charge is 2.27. The summed E-state index contributed by atoms with van der Waals surface area (Å²) in [5.41, 5.74) is 0. The number of likely N-dealkylation sites (tertiary alicyclic amines) is 1. The van der Waals surface area contributed by atoms with E-state index in [1.54, 1.807) is 0 Å². The number of piperidine rings is 1. The van der Waals surface area contributed by atoms with Crippen LogP contribution < -0.4 is 5.32 Å². The van der Waals surface area contributed by atoms with E-state index in [2.05, 4.69) is 24.1 Å². The lowest BCUT2D eigenvalue weighted by Crippen LogP contribution is -2.41. The summed E-state index contributed by atoms with van der Waals surface area (Å²) in [6.45, 7) is 7.72. The Hall–Kier alpha value is -0.280. The maximum absolute atomic E-state index is 12.5. The van der Waals surface area contributed by atoms with Crippen LogP contribution in [0.3, 0.4) is 0 Å². The van der Waals surface area contributed by atoms with E-state index in [0.29, 0.717) is 23.8 Å².